The smallest absolute Gasteiger partial charge is 0.328 e. The summed E-state index contributed by atoms with van der Waals surface area (Å²) < 4.78 is 4.73. The lowest BCUT2D eigenvalue weighted by Gasteiger charge is -2.18. The van der Waals surface area contributed by atoms with Crippen molar-refractivity contribution in [3.05, 3.63) is 29.8 Å². The maximum atomic E-state index is 12.0. The number of esters is 1. The first kappa shape index (κ1) is 18.0. The molecule has 0 aliphatic carbocycles. The number of para-hydroxylation sites is 1. The van der Waals surface area contributed by atoms with E-state index in [1.54, 1.807) is 0 Å². The Morgan fingerprint density at radius 2 is 1.91 bits per heavy atom. The van der Waals surface area contributed by atoms with E-state index in [0.717, 1.165) is 11.3 Å². The molecule has 0 radical (unpaired) electrons. The van der Waals surface area contributed by atoms with Gasteiger partial charge in [0.1, 0.15) is 6.04 Å². The molecule has 0 saturated carbocycles. The number of amides is 1. The summed E-state index contributed by atoms with van der Waals surface area (Å²) in [5.41, 5.74) is 2.15. The minimum atomic E-state index is -0.573. The van der Waals surface area contributed by atoms with Crippen LogP contribution in [-0.2, 0) is 14.3 Å². The number of ether oxygens (including phenoxy) is 1. The van der Waals surface area contributed by atoms with Gasteiger partial charge in [-0.1, -0.05) is 32.0 Å². The van der Waals surface area contributed by atoms with E-state index >= 15 is 0 Å². The van der Waals surface area contributed by atoms with Gasteiger partial charge in [-0.3, -0.25) is 4.79 Å². The number of carbonyl (C=O) groups is 2. The van der Waals surface area contributed by atoms with Crippen molar-refractivity contribution in [1.82, 2.24) is 5.32 Å². The van der Waals surface area contributed by atoms with Crippen molar-refractivity contribution in [2.75, 3.05) is 19.0 Å². The quantitative estimate of drug-likeness (QED) is 0.724. The maximum absolute atomic E-state index is 12.0. The first-order chi connectivity index (χ1) is 10.4. The molecule has 0 spiro atoms. The Balaban J connectivity index is 2.43. The molecular weight excluding hydrogens is 280 g/mol. The van der Waals surface area contributed by atoms with Crippen LogP contribution in [0, 0.1) is 12.8 Å². The number of hydrogen-bond donors (Lipinski definition) is 2. The van der Waals surface area contributed by atoms with E-state index in [4.69, 9.17) is 4.74 Å². The minimum absolute atomic E-state index is 0.155. The van der Waals surface area contributed by atoms with Crippen molar-refractivity contribution in [3.63, 3.8) is 0 Å². The Hall–Kier alpha value is -2.04. The normalized spacial score (nSPS) is 11.9. The lowest BCUT2D eigenvalue weighted by Crippen LogP contribution is -2.42. The highest BCUT2D eigenvalue weighted by Crippen LogP contribution is 2.12. The highest BCUT2D eigenvalue weighted by molar-refractivity contribution is 5.84. The van der Waals surface area contributed by atoms with Gasteiger partial charge in [0.05, 0.1) is 7.11 Å². The van der Waals surface area contributed by atoms with Crippen molar-refractivity contribution in [3.8, 4) is 0 Å². The van der Waals surface area contributed by atoms with E-state index in [9.17, 15) is 9.59 Å². The number of hydrogen-bond acceptors (Lipinski definition) is 4. The van der Waals surface area contributed by atoms with Gasteiger partial charge in [0.2, 0.25) is 5.91 Å². The van der Waals surface area contributed by atoms with Crippen LogP contribution in [0.2, 0.25) is 0 Å². The van der Waals surface area contributed by atoms with Crippen molar-refractivity contribution in [2.24, 2.45) is 5.92 Å². The summed E-state index contributed by atoms with van der Waals surface area (Å²) in [6.07, 6.45) is 0.879. The van der Waals surface area contributed by atoms with Gasteiger partial charge in [0.25, 0.3) is 0 Å². The van der Waals surface area contributed by atoms with E-state index in [1.807, 2.05) is 45.0 Å². The zero-order valence-electron chi connectivity index (χ0n) is 13.8. The molecule has 5 heteroatoms. The van der Waals surface area contributed by atoms with E-state index in [-0.39, 0.29) is 5.91 Å². The topological polar surface area (TPSA) is 67.4 Å². The Labute approximate surface area is 132 Å². The van der Waals surface area contributed by atoms with Crippen LogP contribution >= 0.6 is 0 Å². The highest BCUT2D eigenvalue weighted by atomic mass is 16.5. The van der Waals surface area contributed by atoms with Gasteiger partial charge in [0, 0.05) is 18.7 Å². The van der Waals surface area contributed by atoms with Crippen molar-refractivity contribution in [1.29, 1.82) is 0 Å². The second-order valence-corrected chi connectivity index (χ2v) is 5.76. The van der Waals surface area contributed by atoms with Crippen LogP contribution in [0.15, 0.2) is 24.3 Å². The number of aryl methyl sites for hydroxylation is 1. The van der Waals surface area contributed by atoms with E-state index in [2.05, 4.69) is 10.6 Å². The molecule has 0 fully saturated rings. The third-order valence-corrected chi connectivity index (χ3v) is 3.34. The second kappa shape index (κ2) is 9.07. The number of methoxy groups -OCH3 is 1. The van der Waals surface area contributed by atoms with Gasteiger partial charge >= 0.3 is 5.97 Å². The van der Waals surface area contributed by atoms with Gasteiger partial charge in [-0.2, -0.15) is 0 Å². The maximum Gasteiger partial charge on any atom is 0.328 e. The SMILES string of the molecule is COC(=O)[C@H](CC(C)C)NC(=O)CCNc1ccccc1C. The number of anilines is 1. The molecular formula is C17H26N2O3. The molecule has 122 valence electrons. The Bertz CT molecular complexity index is 500. The summed E-state index contributed by atoms with van der Waals surface area (Å²) in [7, 11) is 1.33. The second-order valence-electron chi connectivity index (χ2n) is 5.76. The van der Waals surface area contributed by atoms with Crippen LogP contribution in [-0.4, -0.2) is 31.6 Å². The van der Waals surface area contributed by atoms with Crippen LogP contribution in [0.4, 0.5) is 5.69 Å². The molecule has 0 unspecified atom stereocenters. The number of rotatable bonds is 8. The fourth-order valence-electron chi connectivity index (χ4n) is 2.18. The Kier molecular flexibility index (Phi) is 7.43. The Morgan fingerprint density at radius 3 is 2.50 bits per heavy atom. The zero-order valence-corrected chi connectivity index (χ0v) is 13.8. The Morgan fingerprint density at radius 1 is 1.23 bits per heavy atom. The van der Waals surface area contributed by atoms with Gasteiger partial charge in [0.15, 0.2) is 0 Å². The molecule has 0 aromatic heterocycles. The fourth-order valence-corrected chi connectivity index (χ4v) is 2.18. The minimum Gasteiger partial charge on any atom is -0.467 e. The van der Waals surface area contributed by atoms with Gasteiger partial charge in [-0.25, -0.2) is 4.79 Å². The van der Waals surface area contributed by atoms with Gasteiger partial charge < -0.3 is 15.4 Å². The van der Waals surface area contributed by atoms with Crippen LogP contribution < -0.4 is 10.6 Å². The first-order valence-corrected chi connectivity index (χ1v) is 7.60. The average Bonchev–Trinajstić information content (AvgIpc) is 2.47. The largest absolute Gasteiger partial charge is 0.467 e. The van der Waals surface area contributed by atoms with Crippen molar-refractivity contribution < 1.29 is 14.3 Å². The molecule has 0 heterocycles. The third kappa shape index (κ3) is 6.16. The lowest BCUT2D eigenvalue weighted by molar-refractivity contribution is -0.145. The predicted octanol–water partition coefficient (Wildman–Crippen LogP) is 2.50. The van der Waals surface area contributed by atoms with Crippen LogP contribution in [0.25, 0.3) is 0 Å². The van der Waals surface area contributed by atoms with E-state index in [0.29, 0.717) is 25.3 Å². The van der Waals surface area contributed by atoms with Crippen LogP contribution in [0.5, 0.6) is 0 Å². The number of nitrogens with one attached hydrogen (secondary N) is 2. The van der Waals surface area contributed by atoms with E-state index < -0.39 is 12.0 Å². The molecule has 5 nitrogen and oxygen atoms in total. The number of benzene rings is 1. The summed E-state index contributed by atoms with van der Waals surface area (Å²) in [5.74, 6) is -0.249. The van der Waals surface area contributed by atoms with Crippen LogP contribution in [0.1, 0.15) is 32.3 Å². The lowest BCUT2D eigenvalue weighted by atomic mass is 10.0. The molecule has 0 bridgehead atoms. The van der Waals surface area contributed by atoms with Crippen molar-refractivity contribution >= 4 is 17.6 Å². The molecule has 0 saturated heterocycles. The van der Waals surface area contributed by atoms with E-state index in [1.165, 1.54) is 7.11 Å². The highest BCUT2D eigenvalue weighted by Gasteiger charge is 2.22. The standard InChI is InChI=1S/C17H26N2O3/c1-12(2)11-15(17(21)22-4)19-16(20)9-10-18-14-8-6-5-7-13(14)3/h5-8,12,15,18H,9-11H2,1-4H3,(H,19,20)/t15-/m0/s1. The third-order valence-electron chi connectivity index (χ3n) is 3.34. The molecule has 1 amide bonds. The molecule has 1 aromatic rings. The molecule has 1 atom stereocenters. The number of carbonyl (C=O) groups excluding carboxylic acids is 2. The summed E-state index contributed by atoms with van der Waals surface area (Å²) in [4.78, 5) is 23.6. The van der Waals surface area contributed by atoms with Gasteiger partial charge in [-0.15, -0.1) is 0 Å². The average molecular weight is 306 g/mol. The molecule has 1 aromatic carbocycles. The first-order valence-electron chi connectivity index (χ1n) is 7.60. The van der Waals surface area contributed by atoms with Crippen LogP contribution in [0.3, 0.4) is 0 Å². The summed E-state index contributed by atoms with van der Waals surface area (Å²) in [6, 6.07) is 7.34. The summed E-state index contributed by atoms with van der Waals surface area (Å²) >= 11 is 0. The van der Waals surface area contributed by atoms with Gasteiger partial charge in [-0.05, 0) is 30.9 Å². The molecule has 22 heavy (non-hydrogen) atoms. The molecule has 0 aliphatic heterocycles. The predicted molar refractivity (Wildman–Crippen MR) is 87.7 cm³/mol. The van der Waals surface area contributed by atoms with Crippen molar-refractivity contribution in [2.45, 2.75) is 39.7 Å². The zero-order chi connectivity index (χ0) is 16.5. The monoisotopic (exact) mass is 306 g/mol. The molecule has 2 N–H and O–H groups in total. The molecule has 1 rings (SSSR count). The summed E-state index contributed by atoms with van der Waals surface area (Å²) in [6.45, 7) is 6.54. The molecule has 0 aliphatic rings. The fraction of sp³-hybridized carbons (Fsp3) is 0.529. The summed E-state index contributed by atoms with van der Waals surface area (Å²) in [5, 5.41) is 5.97.